The van der Waals surface area contributed by atoms with Gasteiger partial charge in [-0.3, -0.25) is 9.59 Å². The van der Waals surface area contributed by atoms with Crippen molar-refractivity contribution in [3.63, 3.8) is 0 Å². The van der Waals surface area contributed by atoms with E-state index in [4.69, 9.17) is 0 Å². The number of hydrogen-bond acceptors (Lipinski definition) is 3. The molecule has 26 heavy (non-hydrogen) atoms. The van der Waals surface area contributed by atoms with Crippen molar-refractivity contribution in [2.24, 2.45) is 0 Å². The molecule has 0 unspecified atom stereocenters. The third-order valence-corrected chi connectivity index (χ3v) is 4.04. The lowest BCUT2D eigenvalue weighted by molar-refractivity contribution is -0.157. The number of amides is 2. The van der Waals surface area contributed by atoms with E-state index < -0.39 is 36.8 Å². The topological polar surface area (TPSA) is 69.6 Å². The fourth-order valence-corrected chi connectivity index (χ4v) is 2.78. The van der Waals surface area contributed by atoms with E-state index in [-0.39, 0.29) is 12.1 Å². The number of nitrogens with zero attached hydrogens (tertiary/aromatic N) is 1. The molecule has 1 aliphatic rings. The van der Waals surface area contributed by atoms with Gasteiger partial charge in [0.25, 0.3) is 11.8 Å². The average Bonchev–Trinajstić information content (AvgIpc) is 2.86. The molecule has 0 atom stereocenters. The molecule has 0 fully saturated rings. The van der Waals surface area contributed by atoms with Crippen molar-refractivity contribution in [2.45, 2.75) is 12.7 Å². The van der Waals surface area contributed by atoms with E-state index in [1.807, 2.05) is 42.5 Å². The second-order valence-electron chi connectivity index (χ2n) is 5.97. The molecule has 136 valence electrons. The van der Waals surface area contributed by atoms with Gasteiger partial charge in [0.05, 0.1) is 12.1 Å². The third kappa shape index (κ3) is 3.79. The van der Waals surface area contributed by atoms with Gasteiger partial charge >= 0.3 is 6.18 Å². The fourth-order valence-electron chi connectivity index (χ4n) is 2.78. The molecular weight excluding hydrogens is 349 g/mol. The average molecular weight is 364 g/mol. The van der Waals surface area contributed by atoms with E-state index in [1.165, 1.54) is 0 Å². The molecule has 2 aromatic rings. The lowest BCUT2D eigenvalue weighted by Gasteiger charge is -2.17. The number of fused-ring (bicyclic) bond motifs is 1. The molecule has 2 amide bonds. The van der Waals surface area contributed by atoms with Crippen LogP contribution in [0.1, 0.15) is 5.56 Å². The van der Waals surface area contributed by atoms with Gasteiger partial charge in [-0.2, -0.15) is 13.2 Å². The third-order valence-electron chi connectivity index (χ3n) is 4.04. The minimum atomic E-state index is -4.60. The molecule has 3 rings (SSSR count). The van der Waals surface area contributed by atoms with Crippen LogP contribution < -0.4 is 5.32 Å². The summed E-state index contributed by atoms with van der Waals surface area (Å²) in [6.07, 6.45) is -4.60. The van der Waals surface area contributed by atoms with Crippen molar-refractivity contribution in [1.82, 2.24) is 10.2 Å². The maximum Gasteiger partial charge on any atom is 0.406 e. The number of hydrogen-bond donors (Lipinski definition) is 2. The Morgan fingerprint density at radius 1 is 1.15 bits per heavy atom. The lowest BCUT2D eigenvalue weighted by Crippen LogP contribution is -2.37. The molecule has 0 saturated carbocycles. The molecule has 0 aromatic heterocycles. The minimum absolute atomic E-state index is 0.119. The number of aliphatic hydroxyl groups is 1. The monoisotopic (exact) mass is 364 g/mol. The summed E-state index contributed by atoms with van der Waals surface area (Å²) in [5, 5.41) is 14.2. The molecule has 1 aliphatic heterocycles. The van der Waals surface area contributed by atoms with Crippen LogP contribution in [0, 0.1) is 0 Å². The van der Waals surface area contributed by atoms with Crippen LogP contribution in [0.5, 0.6) is 0 Å². The molecule has 0 radical (unpaired) electrons. The first kappa shape index (κ1) is 17.8. The van der Waals surface area contributed by atoms with Crippen LogP contribution in [0.25, 0.3) is 10.8 Å². The van der Waals surface area contributed by atoms with E-state index in [1.54, 1.807) is 0 Å². The molecule has 0 spiro atoms. The SMILES string of the molecule is O=C(NCc1ccc2ccccc2c1)C1=C(O)C(=O)N(CC(F)(F)F)C1. The van der Waals surface area contributed by atoms with Crippen LogP contribution in [0.15, 0.2) is 53.8 Å². The van der Waals surface area contributed by atoms with Crippen molar-refractivity contribution in [3.05, 3.63) is 59.4 Å². The molecule has 1 heterocycles. The maximum absolute atomic E-state index is 12.4. The summed E-state index contributed by atoms with van der Waals surface area (Å²) in [4.78, 5) is 24.2. The molecule has 0 saturated heterocycles. The number of carbonyl (C=O) groups is 2. The van der Waals surface area contributed by atoms with Crippen LogP contribution in [0.3, 0.4) is 0 Å². The highest BCUT2D eigenvalue weighted by atomic mass is 19.4. The highest BCUT2D eigenvalue weighted by Crippen LogP contribution is 2.23. The quantitative estimate of drug-likeness (QED) is 0.876. The normalized spacial score (nSPS) is 15.0. The fraction of sp³-hybridized carbons (Fsp3) is 0.222. The van der Waals surface area contributed by atoms with Crippen LogP contribution >= 0.6 is 0 Å². The maximum atomic E-state index is 12.4. The number of aliphatic hydroxyl groups excluding tert-OH is 1. The molecule has 5 nitrogen and oxygen atoms in total. The summed E-state index contributed by atoms with van der Waals surface area (Å²) in [6, 6.07) is 13.2. The lowest BCUT2D eigenvalue weighted by atomic mass is 10.1. The zero-order chi connectivity index (χ0) is 18.9. The largest absolute Gasteiger partial charge is 0.503 e. The Balaban J connectivity index is 1.66. The van der Waals surface area contributed by atoms with Gasteiger partial charge in [0, 0.05) is 6.54 Å². The van der Waals surface area contributed by atoms with Gasteiger partial charge in [0.15, 0.2) is 5.76 Å². The predicted molar refractivity (Wildman–Crippen MR) is 88.1 cm³/mol. The number of alkyl halides is 3. The Bertz CT molecular complexity index is 906. The van der Waals surface area contributed by atoms with Gasteiger partial charge in [-0.25, -0.2) is 0 Å². The predicted octanol–water partition coefficient (Wildman–Crippen LogP) is 2.67. The summed E-state index contributed by atoms with van der Waals surface area (Å²) in [7, 11) is 0. The second-order valence-corrected chi connectivity index (χ2v) is 5.97. The van der Waals surface area contributed by atoms with E-state index >= 15 is 0 Å². The molecule has 2 N–H and O–H groups in total. The number of rotatable bonds is 4. The first-order valence-corrected chi connectivity index (χ1v) is 7.78. The summed E-state index contributed by atoms with van der Waals surface area (Å²) in [6.45, 7) is -1.97. The molecule has 0 bridgehead atoms. The zero-order valence-corrected chi connectivity index (χ0v) is 13.5. The van der Waals surface area contributed by atoms with Gasteiger partial charge in [-0.15, -0.1) is 0 Å². The Kier molecular flexibility index (Phi) is 4.58. The Hall–Kier alpha value is -3.03. The molecular formula is C18H15F3N2O3. The summed E-state index contributed by atoms with van der Waals surface area (Å²) >= 11 is 0. The van der Waals surface area contributed by atoms with Gasteiger partial charge in [-0.05, 0) is 22.4 Å². The van der Waals surface area contributed by atoms with Gasteiger partial charge < -0.3 is 15.3 Å². The summed E-state index contributed by atoms with van der Waals surface area (Å²) in [5.74, 6) is -2.91. The van der Waals surface area contributed by atoms with Crippen molar-refractivity contribution in [3.8, 4) is 0 Å². The van der Waals surface area contributed by atoms with E-state index in [0.717, 1.165) is 16.3 Å². The standard InChI is InChI=1S/C18H15F3N2O3/c19-18(20,21)10-23-9-14(15(24)17(23)26)16(25)22-8-11-5-6-12-3-1-2-4-13(12)7-11/h1-7,24H,8-10H2,(H,22,25). The first-order valence-electron chi connectivity index (χ1n) is 7.78. The van der Waals surface area contributed by atoms with E-state index in [2.05, 4.69) is 5.32 Å². The van der Waals surface area contributed by atoms with Gasteiger partial charge in [-0.1, -0.05) is 36.4 Å². The van der Waals surface area contributed by atoms with Crippen LogP contribution in [-0.2, 0) is 16.1 Å². The highest BCUT2D eigenvalue weighted by Gasteiger charge is 2.40. The van der Waals surface area contributed by atoms with E-state index in [9.17, 15) is 27.9 Å². The molecule has 2 aromatic carbocycles. The van der Waals surface area contributed by atoms with Crippen molar-refractivity contribution in [1.29, 1.82) is 0 Å². The number of carbonyl (C=O) groups excluding carboxylic acids is 2. The van der Waals surface area contributed by atoms with Crippen molar-refractivity contribution < 1.29 is 27.9 Å². The van der Waals surface area contributed by atoms with Crippen LogP contribution in [-0.4, -0.2) is 41.1 Å². The van der Waals surface area contributed by atoms with Crippen LogP contribution in [0.4, 0.5) is 13.2 Å². The Morgan fingerprint density at radius 2 is 1.85 bits per heavy atom. The minimum Gasteiger partial charge on any atom is -0.503 e. The molecule has 0 aliphatic carbocycles. The van der Waals surface area contributed by atoms with Gasteiger partial charge in [0.1, 0.15) is 6.54 Å². The van der Waals surface area contributed by atoms with Gasteiger partial charge in [0.2, 0.25) is 0 Å². The zero-order valence-electron chi connectivity index (χ0n) is 13.5. The van der Waals surface area contributed by atoms with Crippen LogP contribution in [0.2, 0.25) is 0 Å². The van der Waals surface area contributed by atoms with Crippen molar-refractivity contribution in [2.75, 3.05) is 13.1 Å². The van der Waals surface area contributed by atoms with Crippen molar-refractivity contribution >= 4 is 22.6 Å². The second kappa shape index (κ2) is 6.70. The number of halogens is 3. The number of benzene rings is 2. The first-order chi connectivity index (χ1) is 12.2. The Labute approximate surface area is 146 Å². The number of nitrogens with one attached hydrogen (secondary N) is 1. The summed E-state index contributed by atoms with van der Waals surface area (Å²) in [5.41, 5.74) is 0.425. The highest BCUT2D eigenvalue weighted by molar-refractivity contribution is 6.07. The van der Waals surface area contributed by atoms with E-state index in [0.29, 0.717) is 4.90 Å². The molecule has 8 heteroatoms. The summed E-state index contributed by atoms with van der Waals surface area (Å²) < 4.78 is 37.3. The Morgan fingerprint density at radius 3 is 2.54 bits per heavy atom. The smallest absolute Gasteiger partial charge is 0.406 e.